The van der Waals surface area contributed by atoms with E-state index < -0.39 is 78.4 Å². The molecule has 6 heterocycles. The zero-order valence-electron chi connectivity index (χ0n) is 69.1. The number of anilines is 2. The molecule has 2 aliphatic heterocycles. The van der Waals surface area contributed by atoms with Crippen LogP contribution >= 0.6 is 0 Å². The number of nitrogens with one attached hydrogen (secondary N) is 4. The lowest BCUT2D eigenvalue weighted by atomic mass is 9.78. The van der Waals surface area contributed by atoms with Crippen molar-refractivity contribution in [2.24, 2.45) is 8.73 Å². The number of carbonyl (C=O) groups is 4. The molecule has 4 atom stereocenters. The second-order valence-corrected chi connectivity index (χ2v) is 35.5. The van der Waals surface area contributed by atoms with Crippen LogP contribution in [0.15, 0.2) is 225 Å². The van der Waals surface area contributed by atoms with Crippen LogP contribution in [0.3, 0.4) is 0 Å². The Balaban J connectivity index is 0.000000228. The molecule has 612 valence electrons. The first-order valence-electron chi connectivity index (χ1n) is 38.7. The van der Waals surface area contributed by atoms with Gasteiger partial charge in [-0.05, 0) is 110 Å². The summed E-state index contributed by atoms with van der Waals surface area (Å²) < 4.78 is 86.9. The van der Waals surface area contributed by atoms with E-state index in [0.717, 1.165) is 11.1 Å². The number of ether oxygens (including phenoxy) is 6. The fourth-order valence-corrected chi connectivity index (χ4v) is 17.5. The number of urea groups is 2. The Morgan fingerprint density at radius 2 is 0.733 bits per heavy atom. The van der Waals surface area contributed by atoms with Crippen LogP contribution in [0.25, 0.3) is 0 Å². The summed E-state index contributed by atoms with van der Waals surface area (Å²) in [6.45, 7) is 27.3. The molecule has 0 radical (unpaired) electrons. The Morgan fingerprint density at radius 1 is 0.457 bits per heavy atom. The zero-order chi connectivity index (χ0) is 83.7. The van der Waals surface area contributed by atoms with Gasteiger partial charge < -0.3 is 48.9 Å². The molecule has 4 N–H and O–H groups in total. The molecule has 2 aliphatic rings. The van der Waals surface area contributed by atoms with Crippen molar-refractivity contribution in [3.05, 3.63) is 262 Å². The number of pyridine rings is 2. The van der Waals surface area contributed by atoms with E-state index in [1.165, 1.54) is 31.6 Å². The summed E-state index contributed by atoms with van der Waals surface area (Å²) in [6, 6.07) is 58.5. The molecule has 0 aliphatic carbocycles. The van der Waals surface area contributed by atoms with Gasteiger partial charge in [0.05, 0.1) is 74.5 Å². The molecule has 26 nitrogen and oxygen atoms in total. The third-order valence-electron chi connectivity index (χ3n) is 19.7. The molecule has 4 aromatic heterocycles. The number of likely N-dealkylation sites (N-methyl/N-ethyl adjacent to an activating group) is 2. The highest BCUT2D eigenvalue weighted by Crippen LogP contribution is 2.47. The van der Waals surface area contributed by atoms with Crippen LogP contribution < -0.4 is 39.0 Å². The number of amides is 6. The Hall–Kier alpha value is -11.8. The molecule has 28 heteroatoms. The van der Waals surface area contributed by atoms with Gasteiger partial charge in [-0.2, -0.15) is 18.9 Å². The molecule has 0 bridgehead atoms. The van der Waals surface area contributed by atoms with Gasteiger partial charge in [-0.15, -0.1) is 0 Å². The van der Waals surface area contributed by atoms with Crippen molar-refractivity contribution >= 4 is 55.5 Å². The van der Waals surface area contributed by atoms with E-state index in [0.29, 0.717) is 67.9 Å². The smallest absolute Gasteiger partial charge is 0.410 e. The molecule has 0 fully saturated rings. The van der Waals surface area contributed by atoms with Gasteiger partial charge in [0.2, 0.25) is 23.5 Å². The predicted molar refractivity (Wildman–Crippen MR) is 449 cm³/mol. The van der Waals surface area contributed by atoms with E-state index in [4.69, 9.17) is 47.1 Å². The minimum atomic E-state index is -4.04. The Labute approximate surface area is 681 Å². The first-order valence-corrected chi connectivity index (χ1v) is 41.7. The first-order chi connectivity index (χ1) is 55.1. The van der Waals surface area contributed by atoms with E-state index in [9.17, 15) is 19.2 Å². The van der Waals surface area contributed by atoms with Crippen LogP contribution in [-0.4, -0.2) is 137 Å². The van der Waals surface area contributed by atoms with Crippen molar-refractivity contribution < 1.29 is 56.0 Å². The van der Waals surface area contributed by atoms with Gasteiger partial charge in [-0.1, -0.05) is 237 Å². The maximum atomic E-state index is 16.3. The highest BCUT2D eigenvalue weighted by molar-refractivity contribution is 7.92. The quantitative estimate of drug-likeness (QED) is 0.0458. The lowest BCUT2D eigenvalue weighted by Gasteiger charge is -2.34. The monoisotopic (exact) mass is 1610 g/mol. The highest BCUT2D eigenvalue weighted by atomic mass is 32.2. The van der Waals surface area contributed by atoms with Crippen molar-refractivity contribution in [3.8, 4) is 23.5 Å². The lowest BCUT2D eigenvalue weighted by molar-refractivity contribution is 0.00935. The summed E-state index contributed by atoms with van der Waals surface area (Å²) in [7, 11) is -1.69. The average molecular weight is 1620 g/mol. The molecule has 2 unspecified atom stereocenters. The van der Waals surface area contributed by atoms with Gasteiger partial charge >= 0.3 is 24.2 Å². The van der Waals surface area contributed by atoms with Crippen LogP contribution in [0.4, 0.5) is 30.6 Å². The maximum absolute atomic E-state index is 16.3. The minimum absolute atomic E-state index is 0.0246. The highest BCUT2D eigenvalue weighted by Gasteiger charge is 2.45. The van der Waals surface area contributed by atoms with E-state index in [2.05, 4.69) is 30.3 Å². The molecule has 0 saturated heterocycles. The van der Waals surface area contributed by atoms with Crippen molar-refractivity contribution in [3.63, 3.8) is 0 Å². The lowest BCUT2D eigenvalue weighted by Crippen LogP contribution is -2.48. The van der Waals surface area contributed by atoms with Crippen LogP contribution in [0.1, 0.15) is 176 Å². The number of hydrogen-bond acceptors (Lipinski definition) is 18. The standard InChI is InChI=1S/2C44H53N7O6S/c2*1-29(2)35-25-37(55-9)46-38(30(3)4)39(35)47-41(52)48-58(54,36-26-45-51-27-34(28-56-40(36)51)50(8)42(53)57-43(5,6)7)49-44(31-19-13-10-14-20-31,32-21-15-11-16-22-32)33-23-17-12-18-24-33/h2*10-26,29-30,34H,27-28H2,1-9H3,(H2,47,48,49,52,54)/t2*34-,58?/m00/s1. The summed E-state index contributed by atoms with van der Waals surface area (Å²) in [4.78, 5) is 67.7. The Morgan fingerprint density at radius 3 is 0.974 bits per heavy atom. The summed E-state index contributed by atoms with van der Waals surface area (Å²) in [5, 5.41) is 15.2. The van der Waals surface area contributed by atoms with Gasteiger partial charge in [0, 0.05) is 26.2 Å². The maximum Gasteiger partial charge on any atom is 0.410 e. The molecule has 116 heavy (non-hydrogen) atoms. The van der Waals surface area contributed by atoms with E-state index in [-0.39, 0.29) is 71.5 Å². The summed E-state index contributed by atoms with van der Waals surface area (Å²) in [5.41, 5.74) is 3.88. The number of methoxy groups -OCH3 is 2. The molecule has 6 amide bonds. The minimum Gasteiger partial charge on any atom is -0.481 e. The number of rotatable bonds is 22. The van der Waals surface area contributed by atoms with Crippen molar-refractivity contribution in [2.75, 3.05) is 52.2 Å². The van der Waals surface area contributed by atoms with E-state index in [1.54, 1.807) is 82.0 Å². The second kappa shape index (κ2) is 35.5. The Kier molecular flexibility index (Phi) is 26.1. The van der Waals surface area contributed by atoms with Crippen LogP contribution in [0.5, 0.6) is 23.5 Å². The van der Waals surface area contributed by atoms with Crippen molar-refractivity contribution in [2.45, 2.75) is 178 Å². The number of fused-ring (bicyclic) bond motifs is 2. The predicted octanol–water partition coefficient (Wildman–Crippen LogP) is 17.4. The number of hydrogen-bond donors (Lipinski definition) is 4. The largest absolute Gasteiger partial charge is 0.481 e. The molecular weight excluding hydrogens is 1510 g/mol. The summed E-state index contributed by atoms with van der Waals surface area (Å²) >= 11 is 0. The molecule has 10 aromatic rings. The molecule has 12 rings (SSSR count). The van der Waals surface area contributed by atoms with Crippen molar-refractivity contribution in [1.29, 1.82) is 0 Å². The van der Waals surface area contributed by atoms with Crippen molar-refractivity contribution in [1.82, 2.24) is 48.8 Å². The molecular formula is C88H106N14O12S2. The van der Waals surface area contributed by atoms with Gasteiger partial charge in [0.25, 0.3) is 0 Å². The third kappa shape index (κ3) is 18.8. The van der Waals surface area contributed by atoms with Crippen LogP contribution in [0.2, 0.25) is 0 Å². The normalized spacial score (nSPS) is 15.1. The zero-order valence-corrected chi connectivity index (χ0v) is 70.7. The SMILES string of the molecule is COc1cc(C(C)C)c(NC(=O)NS(=O)(=NC(c2ccccc2)(c2ccccc2)c2ccccc2)c2cnn3c2OC[C@@H](N(C)C(=O)OC(C)(C)C)C3)c(C(C)C)n1.COc1cc(C(C)C)c(NC(=O)NS(=O)(=NC(c2ccccc2)(c2ccccc2)c2ccccc2)c2cnn3c2OC[C@@H](N(C)C(=O)OC(C)(C)C)C3)c(C(C)C)n1. The number of aromatic nitrogens is 6. The number of nitrogens with zero attached hydrogens (tertiary/aromatic N) is 10. The van der Waals surface area contributed by atoms with E-state index in [1.807, 2.05) is 237 Å². The van der Waals surface area contributed by atoms with Gasteiger partial charge in [0.1, 0.15) is 45.3 Å². The van der Waals surface area contributed by atoms with Crippen LogP contribution in [-0.2, 0) is 53.5 Å². The summed E-state index contributed by atoms with van der Waals surface area (Å²) in [5.74, 6) is 0.922. The van der Waals surface area contributed by atoms with Crippen LogP contribution in [0, 0.1) is 0 Å². The number of carbonyl (C=O) groups excluding carboxylic acids is 4. The van der Waals surface area contributed by atoms with Gasteiger partial charge in [-0.25, -0.2) is 56.4 Å². The summed E-state index contributed by atoms with van der Waals surface area (Å²) in [6.07, 6.45) is 1.80. The molecule has 0 spiro atoms. The van der Waals surface area contributed by atoms with Gasteiger partial charge in [-0.3, -0.25) is 0 Å². The topological polar surface area (TPSA) is 299 Å². The Bertz CT molecular complexity index is 4790. The first kappa shape index (κ1) is 85.1. The fraction of sp³-hybridized carbons (Fsp3) is 0.364. The average Bonchev–Trinajstić information content (AvgIpc) is 1.21. The number of benzene rings is 6. The fourth-order valence-electron chi connectivity index (χ4n) is 13.8. The third-order valence-corrected chi connectivity index (χ3v) is 23.4. The second-order valence-electron chi connectivity index (χ2n) is 31.7. The van der Waals surface area contributed by atoms with E-state index >= 15 is 8.42 Å². The molecule has 6 aromatic carbocycles. The molecule has 0 saturated carbocycles. The van der Waals surface area contributed by atoms with Gasteiger partial charge in [0.15, 0.2) is 19.8 Å².